The molecule has 3 amide bonds. The standard InChI is InChI=1S/C24H31N5O3/c1-16(2)15-29-18(4)22(17(3)28-29)11-12-23(30)26-19-7-9-20(10-8-19)27-24(31)25-14-21-6-5-13-32-21/h5-10,13,16H,11-12,14-15H2,1-4H3,(H,26,30)(H2,25,27,31). The fourth-order valence-corrected chi connectivity index (χ4v) is 3.47. The van der Waals surface area contributed by atoms with Crippen LogP contribution in [0.2, 0.25) is 0 Å². The molecule has 0 aliphatic rings. The second kappa shape index (κ2) is 10.7. The van der Waals surface area contributed by atoms with Gasteiger partial charge in [-0.3, -0.25) is 9.48 Å². The minimum Gasteiger partial charge on any atom is -0.467 e. The minimum atomic E-state index is -0.332. The van der Waals surface area contributed by atoms with E-state index in [4.69, 9.17) is 4.42 Å². The molecule has 3 rings (SSSR count). The number of carbonyl (C=O) groups is 2. The average molecular weight is 438 g/mol. The van der Waals surface area contributed by atoms with Gasteiger partial charge in [-0.15, -0.1) is 0 Å². The van der Waals surface area contributed by atoms with Crippen molar-refractivity contribution in [1.29, 1.82) is 0 Å². The SMILES string of the molecule is Cc1nn(CC(C)C)c(C)c1CCC(=O)Nc1ccc(NC(=O)NCc2ccco2)cc1. The third-order valence-electron chi connectivity index (χ3n) is 5.10. The van der Waals surface area contributed by atoms with Gasteiger partial charge in [0, 0.05) is 30.0 Å². The Balaban J connectivity index is 1.46. The van der Waals surface area contributed by atoms with E-state index in [0.717, 1.165) is 23.5 Å². The van der Waals surface area contributed by atoms with Crippen LogP contribution in [-0.4, -0.2) is 21.7 Å². The highest BCUT2D eigenvalue weighted by Gasteiger charge is 2.14. The Morgan fingerprint density at radius 3 is 2.38 bits per heavy atom. The number of nitrogens with one attached hydrogen (secondary N) is 3. The van der Waals surface area contributed by atoms with E-state index in [1.807, 2.05) is 11.6 Å². The second-order valence-corrected chi connectivity index (χ2v) is 8.24. The zero-order valence-corrected chi connectivity index (χ0v) is 19.1. The molecule has 3 aromatic rings. The van der Waals surface area contributed by atoms with E-state index in [1.54, 1.807) is 42.7 Å². The van der Waals surface area contributed by atoms with Crippen molar-refractivity contribution in [2.24, 2.45) is 5.92 Å². The van der Waals surface area contributed by atoms with Gasteiger partial charge in [-0.05, 0) is 68.1 Å². The fourth-order valence-electron chi connectivity index (χ4n) is 3.47. The smallest absolute Gasteiger partial charge is 0.319 e. The molecule has 1 aromatic carbocycles. The molecular formula is C24H31N5O3. The summed E-state index contributed by atoms with van der Waals surface area (Å²) in [7, 11) is 0. The number of hydrogen-bond donors (Lipinski definition) is 3. The topological polar surface area (TPSA) is 101 Å². The molecule has 32 heavy (non-hydrogen) atoms. The molecule has 0 spiro atoms. The number of amides is 3. The molecule has 2 heterocycles. The van der Waals surface area contributed by atoms with Crippen molar-refractivity contribution in [3.05, 3.63) is 65.4 Å². The molecule has 3 N–H and O–H groups in total. The number of aromatic nitrogens is 2. The van der Waals surface area contributed by atoms with Crippen molar-refractivity contribution in [1.82, 2.24) is 15.1 Å². The first kappa shape index (κ1) is 23.1. The average Bonchev–Trinajstić information content (AvgIpc) is 3.35. The summed E-state index contributed by atoms with van der Waals surface area (Å²) in [6.45, 7) is 9.57. The van der Waals surface area contributed by atoms with Gasteiger partial charge in [0.05, 0.1) is 18.5 Å². The molecule has 0 radical (unpaired) electrons. The van der Waals surface area contributed by atoms with Gasteiger partial charge in [0.2, 0.25) is 5.91 Å². The van der Waals surface area contributed by atoms with Crippen LogP contribution in [0, 0.1) is 19.8 Å². The molecule has 8 nitrogen and oxygen atoms in total. The molecule has 2 aromatic heterocycles. The van der Waals surface area contributed by atoms with Gasteiger partial charge < -0.3 is 20.4 Å². The van der Waals surface area contributed by atoms with Crippen LogP contribution in [0.15, 0.2) is 47.1 Å². The van der Waals surface area contributed by atoms with E-state index >= 15 is 0 Å². The van der Waals surface area contributed by atoms with Crippen LogP contribution < -0.4 is 16.0 Å². The van der Waals surface area contributed by atoms with E-state index in [2.05, 4.69) is 41.8 Å². The molecule has 8 heteroatoms. The lowest BCUT2D eigenvalue weighted by Gasteiger charge is -2.09. The number of rotatable bonds is 9. The fraction of sp³-hybridized carbons (Fsp3) is 0.375. The van der Waals surface area contributed by atoms with Crippen molar-refractivity contribution in [2.75, 3.05) is 10.6 Å². The summed E-state index contributed by atoms with van der Waals surface area (Å²) >= 11 is 0. The van der Waals surface area contributed by atoms with Gasteiger partial charge in [0.1, 0.15) is 5.76 Å². The van der Waals surface area contributed by atoms with E-state index in [1.165, 1.54) is 0 Å². The predicted octanol–water partition coefficient (Wildman–Crippen LogP) is 4.64. The summed E-state index contributed by atoms with van der Waals surface area (Å²) < 4.78 is 7.21. The van der Waals surface area contributed by atoms with Crippen molar-refractivity contribution in [2.45, 2.75) is 53.6 Å². The summed E-state index contributed by atoms with van der Waals surface area (Å²) in [4.78, 5) is 24.4. The van der Waals surface area contributed by atoms with E-state index < -0.39 is 0 Å². The molecular weight excluding hydrogens is 406 g/mol. The summed E-state index contributed by atoms with van der Waals surface area (Å²) in [5, 5.41) is 13.0. The Labute approximate surface area is 188 Å². The number of nitrogens with zero attached hydrogens (tertiary/aromatic N) is 2. The van der Waals surface area contributed by atoms with E-state index in [9.17, 15) is 9.59 Å². The van der Waals surface area contributed by atoms with Crippen LogP contribution in [0.4, 0.5) is 16.2 Å². The molecule has 0 saturated carbocycles. The van der Waals surface area contributed by atoms with E-state index in [-0.39, 0.29) is 11.9 Å². The van der Waals surface area contributed by atoms with Crippen LogP contribution in [0.1, 0.15) is 43.0 Å². The Bertz CT molecular complexity index is 1040. The van der Waals surface area contributed by atoms with Gasteiger partial charge in [0.25, 0.3) is 0 Å². The first-order valence-electron chi connectivity index (χ1n) is 10.8. The number of furan rings is 1. The largest absolute Gasteiger partial charge is 0.467 e. The van der Waals surface area contributed by atoms with Crippen LogP contribution in [0.5, 0.6) is 0 Å². The Kier molecular flexibility index (Phi) is 7.70. The van der Waals surface area contributed by atoms with Crippen molar-refractivity contribution >= 4 is 23.3 Å². The zero-order valence-electron chi connectivity index (χ0n) is 19.1. The maximum absolute atomic E-state index is 12.4. The second-order valence-electron chi connectivity index (χ2n) is 8.24. The van der Waals surface area contributed by atoms with Gasteiger partial charge in [0.15, 0.2) is 0 Å². The summed E-state index contributed by atoms with van der Waals surface area (Å²) in [5.74, 6) is 1.14. The molecule has 0 unspecified atom stereocenters. The van der Waals surface area contributed by atoms with Crippen molar-refractivity contribution < 1.29 is 14.0 Å². The lowest BCUT2D eigenvalue weighted by molar-refractivity contribution is -0.116. The van der Waals surface area contributed by atoms with Crippen molar-refractivity contribution in [3.63, 3.8) is 0 Å². The third kappa shape index (κ3) is 6.47. The highest BCUT2D eigenvalue weighted by molar-refractivity contribution is 5.92. The van der Waals surface area contributed by atoms with Crippen LogP contribution in [0.3, 0.4) is 0 Å². The third-order valence-corrected chi connectivity index (χ3v) is 5.10. The lowest BCUT2D eigenvalue weighted by Crippen LogP contribution is -2.27. The summed E-state index contributed by atoms with van der Waals surface area (Å²) in [5.41, 5.74) is 4.56. The number of anilines is 2. The number of hydrogen-bond acceptors (Lipinski definition) is 4. The number of carbonyl (C=O) groups excluding carboxylic acids is 2. The number of benzene rings is 1. The first-order valence-corrected chi connectivity index (χ1v) is 10.8. The highest BCUT2D eigenvalue weighted by Crippen LogP contribution is 2.18. The molecule has 0 aliphatic heterocycles. The summed E-state index contributed by atoms with van der Waals surface area (Å²) in [6, 6.07) is 10.2. The first-order chi connectivity index (χ1) is 15.3. The monoisotopic (exact) mass is 437 g/mol. The maximum atomic E-state index is 12.4. The Morgan fingerprint density at radius 1 is 1.06 bits per heavy atom. The minimum absolute atomic E-state index is 0.0580. The van der Waals surface area contributed by atoms with Crippen LogP contribution >= 0.6 is 0 Å². The van der Waals surface area contributed by atoms with Gasteiger partial charge >= 0.3 is 6.03 Å². The molecule has 0 fully saturated rings. The number of urea groups is 1. The predicted molar refractivity (Wildman–Crippen MR) is 124 cm³/mol. The molecule has 170 valence electrons. The van der Waals surface area contributed by atoms with Gasteiger partial charge in [-0.2, -0.15) is 5.10 Å². The molecule has 0 saturated heterocycles. The van der Waals surface area contributed by atoms with Gasteiger partial charge in [-0.1, -0.05) is 13.8 Å². The maximum Gasteiger partial charge on any atom is 0.319 e. The highest BCUT2D eigenvalue weighted by atomic mass is 16.3. The molecule has 0 bridgehead atoms. The van der Waals surface area contributed by atoms with Crippen LogP contribution in [-0.2, 0) is 24.3 Å². The molecule has 0 aliphatic carbocycles. The Morgan fingerprint density at radius 2 is 1.75 bits per heavy atom. The summed E-state index contributed by atoms with van der Waals surface area (Å²) in [6.07, 6.45) is 2.59. The quantitative estimate of drug-likeness (QED) is 0.454. The number of aryl methyl sites for hydroxylation is 1. The van der Waals surface area contributed by atoms with Crippen LogP contribution in [0.25, 0.3) is 0 Å². The molecule has 0 atom stereocenters. The lowest BCUT2D eigenvalue weighted by atomic mass is 10.1. The van der Waals surface area contributed by atoms with E-state index in [0.29, 0.717) is 42.4 Å². The van der Waals surface area contributed by atoms with Crippen molar-refractivity contribution in [3.8, 4) is 0 Å². The zero-order chi connectivity index (χ0) is 23.1. The Hall–Kier alpha value is -3.55. The normalized spacial score (nSPS) is 10.9. The van der Waals surface area contributed by atoms with Gasteiger partial charge in [-0.25, -0.2) is 4.79 Å².